The number of fused-ring (bicyclic) bond motifs is 3. The predicted octanol–water partition coefficient (Wildman–Crippen LogP) is 13.0. The van der Waals surface area contributed by atoms with Crippen molar-refractivity contribution in [1.29, 1.82) is 0 Å². The Balaban J connectivity index is 0.998. The molecule has 0 bridgehead atoms. The Labute approximate surface area is 376 Å². The van der Waals surface area contributed by atoms with Crippen molar-refractivity contribution < 1.29 is 4.39 Å². The molecule has 1 aliphatic rings. The normalized spacial score (nSPS) is 13.7. The molecular formula is C60H45FGeN2. The van der Waals surface area contributed by atoms with E-state index < -0.39 is 13.3 Å². The number of aromatic nitrogens is 1. The van der Waals surface area contributed by atoms with Gasteiger partial charge in [-0.15, -0.1) is 0 Å². The molecule has 9 aromatic carbocycles. The van der Waals surface area contributed by atoms with Crippen molar-refractivity contribution in [3.8, 4) is 16.8 Å². The summed E-state index contributed by atoms with van der Waals surface area (Å²) >= 11 is -3.37. The van der Waals surface area contributed by atoms with Gasteiger partial charge in [0, 0.05) is 17.0 Å². The molecule has 306 valence electrons. The van der Waals surface area contributed by atoms with Crippen LogP contribution in [0.1, 0.15) is 17.9 Å². The van der Waals surface area contributed by atoms with E-state index >= 15 is 0 Å². The van der Waals surface area contributed by atoms with E-state index in [0.29, 0.717) is 5.92 Å². The molecule has 2 nitrogen and oxygen atoms in total. The van der Waals surface area contributed by atoms with Crippen LogP contribution in [0, 0.1) is 5.82 Å². The summed E-state index contributed by atoms with van der Waals surface area (Å²) in [6, 6.07) is 82.9. The van der Waals surface area contributed by atoms with Gasteiger partial charge in [0.1, 0.15) is 5.82 Å². The maximum absolute atomic E-state index is 14.1. The van der Waals surface area contributed by atoms with E-state index in [0.717, 1.165) is 56.5 Å². The fourth-order valence-corrected chi connectivity index (χ4v) is 19.8. The van der Waals surface area contributed by atoms with Crippen LogP contribution in [0.25, 0.3) is 38.6 Å². The van der Waals surface area contributed by atoms with Crippen molar-refractivity contribution in [3.63, 3.8) is 0 Å². The molecule has 4 heteroatoms. The Kier molecular flexibility index (Phi) is 10.5. The van der Waals surface area contributed by atoms with Gasteiger partial charge < -0.3 is 4.57 Å². The van der Waals surface area contributed by atoms with Gasteiger partial charge in [0.25, 0.3) is 0 Å². The predicted molar refractivity (Wildman–Crippen MR) is 270 cm³/mol. The molecular weight excluding hydrogens is 840 g/mol. The molecule has 0 spiro atoms. The second kappa shape index (κ2) is 17.0. The average Bonchev–Trinajstić information content (AvgIpc) is 3.70. The molecule has 64 heavy (non-hydrogen) atoms. The molecule has 11 rings (SSSR count). The summed E-state index contributed by atoms with van der Waals surface area (Å²) in [5.74, 6) is 0.125. The third kappa shape index (κ3) is 7.08. The summed E-state index contributed by atoms with van der Waals surface area (Å²) in [6.07, 6.45) is 9.81. The van der Waals surface area contributed by atoms with Crippen LogP contribution >= 0.6 is 0 Å². The number of para-hydroxylation sites is 1. The summed E-state index contributed by atoms with van der Waals surface area (Å²) in [5.41, 5.74) is 9.95. The zero-order valence-corrected chi connectivity index (χ0v) is 37.4. The second-order valence-corrected chi connectivity index (χ2v) is 24.6. The number of halogens is 1. The summed E-state index contributed by atoms with van der Waals surface area (Å²) in [5, 5.41) is 2.28. The molecule has 1 unspecified atom stereocenters. The van der Waals surface area contributed by atoms with E-state index in [4.69, 9.17) is 0 Å². The van der Waals surface area contributed by atoms with E-state index in [2.05, 4.69) is 240 Å². The van der Waals surface area contributed by atoms with Crippen LogP contribution < -0.4 is 22.5 Å². The zero-order chi connectivity index (χ0) is 42.9. The van der Waals surface area contributed by atoms with Gasteiger partial charge in [0.15, 0.2) is 0 Å². The third-order valence-electron chi connectivity index (χ3n) is 13.0. The van der Waals surface area contributed by atoms with Crippen molar-refractivity contribution in [2.24, 2.45) is 0 Å². The summed E-state index contributed by atoms with van der Waals surface area (Å²) in [6.45, 7) is 0. The van der Waals surface area contributed by atoms with Gasteiger partial charge in [0.2, 0.25) is 0 Å². The van der Waals surface area contributed by atoms with Crippen molar-refractivity contribution in [2.75, 3.05) is 4.90 Å². The average molecular weight is 886 g/mol. The zero-order valence-electron chi connectivity index (χ0n) is 35.3. The van der Waals surface area contributed by atoms with Crippen LogP contribution in [-0.4, -0.2) is 17.8 Å². The summed E-state index contributed by atoms with van der Waals surface area (Å²) < 4.78 is 22.0. The monoisotopic (exact) mass is 886 g/mol. The van der Waals surface area contributed by atoms with Crippen LogP contribution in [-0.2, 0) is 0 Å². The van der Waals surface area contributed by atoms with E-state index in [1.807, 2.05) is 12.1 Å². The first-order valence-corrected chi connectivity index (χ1v) is 26.2. The number of hydrogen-bond acceptors (Lipinski definition) is 1. The third-order valence-corrected chi connectivity index (χ3v) is 23.0. The Morgan fingerprint density at radius 2 is 0.938 bits per heavy atom. The molecule has 0 radical (unpaired) electrons. The minimum absolute atomic E-state index is 0.245. The Hall–Kier alpha value is -7.47. The van der Waals surface area contributed by atoms with Gasteiger partial charge in [-0.3, -0.25) is 0 Å². The minimum Gasteiger partial charge on any atom is -0.0351 e. The second-order valence-electron chi connectivity index (χ2n) is 16.6. The Morgan fingerprint density at radius 3 is 1.52 bits per heavy atom. The molecule has 0 saturated carbocycles. The van der Waals surface area contributed by atoms with E-state index in [1.165, 1.54) is 40.8 Å². The van der Waals surface area contributed by atoms with Crippen LogP contribution in [0.5, 0.6) is 0 Å². The fraction of sp³-hybridized carbons (Fsp3) is 0.0333. The SMILES string of the molecule is Fc1ccc(-n2c3ccccc3c3cc(N(c4ccc(-c5cc[c]([Ge]([c]6ccccc6)([c]6ccccc6)[c]6ccccc6)cc5)cc4)c4ccc(C5C=CC=CC5)cc4)ccc32)cc1. The van der Waals surface area contributed by atoms with Gasteiger partial charge in [-0.25, -0.2) is 4.39 Å². The van der Waals surface area contributed by atoms with E-state index in [9.17, 15) is 4.39 Å². The number of nitrogens with zero attached hydrogens (tertiary/aromatic N) is 2. The van der Waals surface area contributed by atoms with E-state index in [-0.39, 0.29) is 5.82 Å². The van der Waals surface area contributed by atoms with Gasteiger partial charge in [-0.05, 0) is 42.3 Å². The first kappa shape index (κ1) is 39.4. The number of anilines is 3. The number of allylic oxidation sites excluding steroid dienone is 4. The van der Waals surface area contributed by atoms with E-state index in [1.54, 1.807) is 0 Å². The van der Waals surface area contributed by atoms with Gasteiger partial charge in [-0.2, -0.15) is 0 Å². The van der Waals surface area contributed by atoms with Crippen molar-refractivity contribution >= 4 is 69.7 Å². The van der Waals surface area contributed by atoms with Crippen molar-refractivity contribution in [2.45, 2.75) is 12.3 Å². The molecule has 1 atom stereocenters. The van der Waals surface area contributed by atoms with Crippen LogP contribution in [0.3, 0.4) is 0 Å². The first-order chi connectivity index (χ1) is 31.6. The molecule has 1 heterocycles. The molecule has 0 saturated heterocycles. The molecule has 0 aliphatic heterocycles. The van der Waals surface area contributed by atoms with Crippen LogP contribution in [0.15, 0.2) is 255 Å². The quantitative estimate of drug-likeness (QED) is 0.124. The fourth-order valence-electron chi connectivity index (χ4n) is 9.89. The van der Waals surface area contributed by atoms with Gasteiger partial charge >= 0.3 is 251 Å². The Bertz CT molecular complexity index is 3170. The summed E-state index contributed by atoms with van der Waals surface area (Å²) in [7, 11) is 0. The maximum atomic E-state index is 14.1. The smallest absolute Gasteiger partial charge is 0.0351 e. The van der Waals surface area contributed by atoms with Crippen molar-refractivity contribution in [3.05, 3.63) is 266 Å². The molecule has 0 N–H and O–H groups in total. The van der Waals surface area contributed by atoms with Crippen molar-refractivity contribution in [1.82, 2.24) is 4.57 Å². The number of benzene rings is 9. The standard InChI is InChI=1S/C60H45FGeN2/c61-48-31-39-55(40-32-48)64-59-24-14-13-23-57(59)58-43-56(41-42-60(58)64)63(53-35-27-46(28-36-53)44-15-5-1-6-16-44)54-37-29-47(30-38-54)45-25-33-52(34-26-45)62(49-17-7-2-8-18-49,50-19-9-3-10-20-50)51-21-11-4-12-22-51/h1-15,17-44H,16H2. The molecule has 0 amide bonds. The summed E-state index contributed by atoms with van der Waals surface area (Å²) in [4.78, 5) is 2.36. The van der Waals surface area contributed by atoms with Crippen LogP contribution in [0.2, 0.25) is 0 Å². The Morgan fingerprint density at radius 1 is 0.438 bits per heavy atom. The van der Waals surface area contributed by atoms with Crippen LogP contribution in [0.4, 0.5) is 21.5 Å². The van der Waals surface area contributed by atoms with Gasteiger partial charge in [-0.1, -0.05) is 42.5 Å². The molecule has 1 aromatic heterocycles. The minimum atomic E-state index is -3.37. The topological polar surface area (TPSA) is 8.17 Å². The number of hydrogen-bond donors (Lipinski definition) is 0. The molecule has 1 aliphatic carbocycles. The molecule has 10 aromatic rings. The number of rotatable bonds is 10. The van der Waals surface area contributed by atoms with Gasteiger partial charge in [0.05, 0.1) is 11.0 Å². The first-order valence-electron chi connectivity index (χ1n) is 22.1. The molecule has 0 fully saturated rings.